The highest BCUT2D eigenvalue weighted by molar-refractivity contribution is 5.84. The highest BCUT2D eigenvalue weighted by Gasteiger charge is 2.21. The van der Waals surface area contributed by atoms with Crippen molar-refractivity contribution >= 4 is 36.1 Å². The summed E-state index contributed by atoms with van der Waals surface area (Å²) < 4.78 is 10.0. The molecule has 3 amide bonds. The molecule has 14 nitrogen and oxygen atoms in total. The van der Waals surface area contributed by atoms with Crippen molar-refractivity contribution in [1.29, 1.82) is 0 Å². The van der Waals surface area contributed by atoms with Gasteiger partial charge >= 0.3 is 23.9 Å². The van der Waals surface area contributed by atoms with Crippen molar-refractivity contribution in [2.45, 2.75) is 82.9 Å². The lowest BCUT2D eigenvalue weighted by Crippen LogP contribution is -2.49. The van der Waals surface area contributed by atoms with Crippen LogP contribution in [0.4, 0.5) is 4.79 Å². The molecule has 3 atom stereocenters. The molecule has 0 saturated heterocycles. The number of carboxylic acid groups (broad SMARTS) is 2. The fourth-order valence-electron chi connectivity index (χ4n) is 2.96. The van der Waals surface area contributed by atoms with E-state index >= 15 is 0 Å². The van der Waals surface area contributed by atoms with E-state index in [2.05, 4.69) is 16.0 Å². The number of amides is 3. The number of carbonyl (C=O) groups is 6. The van der Waals surface area contributed by atoms with E-state index in [1.54, 1.807) is 0 Å². The number of carbonyl (C=O) groups excluding carboxylic acids is 4. The van der Waals surface area contributed by atoms with Gasteiger partial charge in [0, 0.05) is 26.0 Å². The Bertz CT molecular complexity index is 731. The van der Waals surface area contributed by atoms with Gasteiger partial charge in [0.1, 0.15) is 25.0 Å². The molecule has 0 fully saturated rings. The van der Waals surface area contributed by atoms with Crippen LogP contribution >= 0.6 is 0 Å². The van der Waals surface area contributed by atoms with Crippen LogP contribution in [0.1, 0.15) is 64.7 Å². The van der Waals surface area contributed by atoms with E-state index in [4.69, 9.17) is 19.7 Å². The van der Waals surface area contributed by atoms with Gasteiger partial charge in [0.15, 0.2) is 0 Å². The molecule has 0 saturated carbocycles. The third-order valence-corrected chi connectivity index (χ3v) is 5.00. The Morgan fingerprint density at radius 2 is 1.59 bits per heavy atom. The molecule has 0 heterocycles. The Balaban J connectivity index is 3.88. The Morgan fingerprint density at radius 3 is 2.22 bits per heavy atom. The van der Waals surface area contributed by atoms with Crippen molar-refractivity contribution in [1.82, 2.24) is 16.0 Å². The zero-order valence-corrected chi connectivity index (χ0v) is 21.1. The molecule has 212 valence electrons. The van der Waals surface area contributed by atoms with E-state index < -0.39 is 42.1 Å². The van der Waals surface area contributed by atoms with Gasteiger partial charge in [-0.2, -0.15) is 0 Å². The number of hydrogen-bond donors (Lipinski definition) is 6. The molecule has 14 heteroatoms. The lowest BCUT2D eigenvalue weighted by molar-refractivity contribution is -0.154. The van der Waals surface area contributed by atoms with Gasteiger partial charge in [0.25, 0.3) is 0 Å². The summed E-state index contributed by atoms with van der Waals surface area (Å²) in [6, 6.07) is -3.12. The first-order chi connectivity index (χ1) is 17.6. The van der Waals surface area contributed by atoms with Crippen LogP contribution in [0.5, 0.6) is 0 Å². The number of ether oxygens (including phenoxy) is 2. The zero-order valence-electron chi connectivity index (χ0n) is 21.1. The van der Waals surface area contributed by atoms with Gasteiger partial charge in [0.05, 0.1) is 12.6 Å². The summed E-state index contributed by atoms with van der Waals surface area (Å²) >= 11 is 0. The van der Waals surface area contributed by atoms with Crippen LogP contribution in [-0.4, -0.2) is 96.0 Å². The second-order valence-corrected chi connectivity index (χ2v) is 8.30. The lowest BCUT2D eigenvalue weighted by Gasteiger charge is -2.17. The van der Waals surface area contributed by atoms with Crippen LogP contribution in [0.2, 0.25) is 0 Å². The van der Waals surface area contributed by atoms with Crippen LogP contribution in [-0.2, 0) is 33.4 Å². The van der Waals surface area contributed by atoms with E-state index in [0.717, 1.165) is 12.8 Å². The Morgan fingerprint density at radius 1 is 0.865 bits per heavy atom. The summed E-state index contributed by atoms with van der Waals surface area (Å²) in [7, 11) is 0. The van der Waals surface area contributed by atoms with Crippen molar-refractivity contribution in [2.24, 2.45) is 0 Å². The van der Waals surface area contributed by atoms with Crippen LogP contribution < -0.4 is 16.0 Å². The van der Waals surface area contributed by atoms with Crippen LogP contribution in [0, 0.1) is 0 Å². The van der Waals surface area contributed by atoms with E-state index in [0.29, 0.717) is 45.1 Å². The lowest BCUT2D eigenvalue weighted by atomic mass is 10.1. The molecule has 1 unspecified atom stereocenters. The normalized spacial score (nSPS) is 13.0. The topological polar surface area (TPSA) is 218 Å². The van der Waals surface area contributed by atoms with Gasteiger partial charge < -0.3 is 45.5 Å². The fourth-order valence-corrected chi connectivity index (χ4v) is 2.96. The van der Waals surface area contributed by atoms with Gasteiger partial charge in [0.2, 0.25) is 5.91 Å². The molecule has 0 aromatic rings. The minimum atomic E-state index is -1.25. The maximum absolute atomic E-state index is 11.9. The zero-order chi connectivity index (χ0) is 28.1. The number of unbranched alkanes of at least 4 members (excludes halogenated alkanes) is 3. The summed E-state index contributed by atoms with van der Waals surface area (Å²) in [5.74, 6) is -3.20. The number of nitrogens with one attached hydrogen (secondary N) is 3. The first-order valence-electron chi connectivity index (χ1n) is 12.2. The molecule has 0 aliphatic heterocycles. The average molecular weight is 534 g/mol. The van der Waals surface area contributed by atoms with Crippen molar-refractivity contribution < 1.29 is 53.6 Å². The fraction of sp³-hybridized carbons (Fsp3) is 0.739. The Kier molecular flexibility index (Phi) is 19.0. The summed E-state index contributed by atoms with van der Waals surface area (Å²) in [5.41, 5.74) is 0. The molecular formula is C23H39N3O11. The van der Waals surface area contributed by atoms with Gasteiger partial charge in [-0.15, -0.1) is 0 Å². The van der Waals surface area contributed by atoms with Crippen LogP contribution in [0.25, 0.3) is 0 Å². The summed E-state index contributed by atoms with van der Waals surface area (Å²) in [6.45, 7) is 2.43. The number of rotatable bonds is 22. The van der Waals surface area contributed by atoms with Crippen molar-refractivity contribution in [3.05, 3.63) is 0 Å². The molecule has 37 heavy (non-hydrogen) atoms. The molecule has 0 bridgehead atoms. The molecule has 6 N–H and O–H groups in total. The Labute approximate surface area is 215 Å². The van der Waals surface area contributed by atoms with E-state index in [-0.39, 0.29) is 38.4 Å². The number of aliphatic hydroxyl groups is 1. The van der Waals surface area contributed by atoms with Gasteiger partial charge in [-0.25, -0.2) is 14.4 Å². The van der Waals surface area contributed by atoms with Crippen molar-refractivity contribution in [3.63, 3.8) is 0 Å². The second kappa shape index (κ2) is 20.9. The minimum absolute atomic E-state index is 0.0673. The largest absolute Gasteiger partial charge is 0.481 e. The number of hydrogen-bond acceptors (Lipinski definition) is 9. The number of carboxylic acids is 2. The average Bonchev–Trinajstić information content (AvgIpc) is 2.83. The maximum Gasteiger partial charge on any atom is 0.334 e. The molecule has 0 radical (unpaired) electrons. The number of aldehydes is 1. The van der Waals surface area contributed by atoms with Crippen molar-refractivity contribution in [2.75, 3.05) is 26.4 Å². The van der Waals surface area contributed by atoms with Gasteiger partial charge in [-0.3, -0.25) is 9.59 Å². The minimum Gasteiger partial charge on any atom is -0.481 e. The molecule has 0 aromatic carbocycles. The highest BCUT2D eigenvalue weighted by Crippen LogP contribution is 2.04. The number of esters is 1. The van der Waals surface area contributed by atoms with Crippen LogP contribution in [0.3, 0.4) is 0 Å². The van der Waals surface area contributed by atoms with E-state index in [9.17, 15) is 33.9 Å². The van der Waals surface area contributed by atoms with E-state index in [1.807, 2.05) is 0 Å². The number of aliphatic carboxylic acids is 2. The molecule has 0 aliphatic rings. The molecule has 0 rings (SSSR count). The Hall–Kier alpha value is -3.26. The van der Waals surface area contributed by atoms with Gasteiger partial charge in [-0.1, -0.05) is 6.42 Å². The predicted molar refractivity (Wildman–Crippen MR) is 129 cm³/mol. The number of aliphatic hydroxyl groups excluding tert-OH is 1. The van der Waals surface area contributed by atoms with E-state index in [1.165, 1.54) is 6.92 Å². The first kappa shape index (κ1) is 33.7. The smallest absolute Gasteiger partial charge is 0.334 e. The SMILES string of the molecule is CC(O)C(=O)OCCOCCCCCC(=O)NCCCC[C@H](NC(=O)N[C@H](C=O)CCC(=O)O)C(=O)O. The number of urea groups is 1. The third kappa shape index (κ3) is 19.6. The standard InChI is InChI=1S/C23H39N3O11/c1-16(28)22(34)37-14-13-36-12-6-2-3-8-19(29)24-11-5-4-7-18(21(32)33)26-23(35)25-17(15-27)9-10-20(30)31/h15-18,28H,2-14H2,1H3,(H,24,29)(H,30,31)(H,32,33)(H2,25,26,35)/t16?,17-,18-/m0/s1. The molecule has 0 aromatic heterocycles. The summed E-state index contributed by atoms with van der Waals surface area (Å²) in [4.78, 5) is 67.7. The quantitative estimate of drug-likeness (QED) is 0.0616. The first-order valence-corrected chi connectivity index (χ1v) is 12.2. The summed E-state index contributed by atoms with van der Waals surface area (Å²) in [5, 5.41) is 34.1. The molecule has 0 aliphatic carbocycles. The maximum atomic E-state index is 11.9. The highest BCUT2D eigenvalue weighted by atomic mass is 16.6. The molecule has 0 spiro atoms. The van der Waals surface area contributed by atoms with Gasteiger partial charge in [-0.05, 0) is 45.4 Å². The predicted octanol–water partition coefficient (Wildman–Crippen LogP) is -0.0414. The molecular weight excluding hydrogens is 494 g/mol. The summed E-state index contributed by atoms with van der Waals surface area (Å²) in [6.07, 6.45) is 2.34. The van der Waals surface area contributed by atoms with Crippen LogP contribution in [0.15, 0.2) is 0 Å². The monoisotopic (exact) mass is 533 g/mol. The third-order valence-electron chi connectivity index (χ3n) is 5.00. The second-order valence-electron chi connectivity index (χ2n) is 8.30. The van der Waals surface area contributed by atoms with Crippen molar-refractivity contribution in [3.8, 4) is 0 Å².